The summed E-state index contributed by atoms with van der Waals surface area (Å²) in [7, 11) is 1.92. The lowest BCUT2D eigenvalue weighted by Crippen LogP contribution is -2.41. The second kappa shape index (κ2) is 8.98. The zero-order chi connectivity index (χ0) is 20.2. The van der Waals surface area contributed by atoms with E-state index in [2.05, 4.69) is 10.3 Å². The Balaban J connectivity index is 1.41. The number of anilines is 1. The Morgan fingerprint density at radius 3 is 2.79 bits per heavy atom. The second-order valence-corrected chi connectivity index (χ2v) is 8.97. The number of rotatable bonds is 5. The van der Waals surface area contributed by atoms with Crippen LogP contribution in [0.5, 0.6) is 0 Å². The molecule has 0 saturated carbocycles. The van der Waals surface area contributed by atoms with Crippen LogP contribution in [0.4, 0.5) is 5.69 Å². The van der Waals surface area contributed by atoms with Crippen LogP contribution in [0.3, 0.4) is 0 Å². The number of thioether (sulfide) groups is 1. The maximum Gasteiger partial charge on any atom is 0.255 e. The molecule has 148 valence electrons. The standard InChI is InChI=1S/C20H20BN3O3S2/c21-15-4-2-1-3-14(15)19(26)22-13-5-6-16-17(11-13)29-20(23-16)28-12-18(25)24-7-9-27-10-8-24/h1-6,11H,7-10,12,21H2,(H,22,26). The SMILES string of the molecule is Bc1ccccc1C(=O)Nc1ccc2nc(SCC(=O)N3CCOCC3)sc2c1. The number of hydrogen-bond acceptors (Lipinski definition) is 6. The normalized spacial score (nSPS) is 14.1. The number of hydrogen-bond donors (Lipinski definition) is 1. The van der Waals surface area contributed by atoms with Crippen LogP contribution in [0.2, 0.25) is 0 Å². The highest BCUT2D eigenvalue weighted by Crippen LogP contribution is 2.31. The predicted molar refractivity (Wildman–Crippen MR) is 120 cm³/mol. The van der Waals surface area contributed by atoms with Crippen molar-refractivity contribution >= 4 is 64.1 Å². The van der Waals surface area contributed by atoms with Crippen molar-refractivity contribution in [2.45, 2.75) is 4.34 Å². The zero-order valence-corrected chi connectivity index (χ0v) is 17.6. The Bertz CT molecular complexity index is 1050. The Kier molecular flexibility index (Phi) is 6.18. The van der Waals surface area contributed by atoms with Gasteiger partial charge in [0.1, 0.15) is 7.85 Å². The van der Waals surface area contributed by atoms with E-state index in [1.54, 1.807) is 0 Å². The third-order valence-electron chi connectivity index (χ3n) is 4.70. The summed E-state index contributed by atoms with van der Waals surface area (Å²) >= 11 is 2.99. The fourth-order valence-corrected chi connectivity index (χ4v) is 5.11. The molecule has 2 aromatic carbocycles. The molecule has 0 bridgehead atoms. The van der Waals surface area contributed by atoms with Gasteiger partial charge in [-0.05, 0) is 18.2 Å². The minimum atomic E-state index is -0.127. The van der Waals surface area contributed by atoms with Crippen LogP contribution in [-0.2, 0) is 9.53 Å². The number of carbonyl (C=O) groups excluding carboxylic acids is 2. The Morgan fingerprint density at radius 1 is 1.21 bits per heavy atom. The third-order valence-corrected chi connectivity index (χ3v) is 6.85. The molecule has 0 atom stereocenters. The topological polar surface area (TPSA) is 71.5 Å². The molecule has 1 aliphatic heterocycles. The lowest BCUT2D eigenvalue weighted by Gasteiger charge is -2.26. The maximum absolute atomic E-state index is 12.5. The number of amides is 2. The van der Waals surface area contributed by atoms with Gasteiger partial charge in [-0.2, -0.15) is 0 Å². The number of nitrogens with zero attached hydrogens (tertiary/aromatic N) is 2. The highest BCUT2D eigenvalue weighted by molar-refractivity contribution is 8.01. The minimum absolute atomic E-state index is 0.115. The highest BCUT2D eigenvalue weighted by atomic mass is 32.2. The number of morpholine rings is 1. The van der Waals surface area contributed by atoms with Crippen molar-refractivity contribution in [2.24, 2.45) is 0 Å². The molecular weight excluding hydrogens is 405 g/mol. The third kappa shape index (κ3) is 4.80. The number of benzene rings is 2. The van der Waals surface area contributed by atoms with Gasteiger partial charge in [0.15, 0.2) is 4.34 Å². The van der Waals surface area contributed by atoms with Crippen LogP contribution in [-0.4, -0.2) is 61.6 Å². The minimum Gasteiger partial charge on any atom is -0.378 e. The monoisotopic (exact) mass is 425 g/mol. The number of ether oxygens (including phenoxy) is 1. The van der Waals surface area contributed by atoms with E-state index in [9.17, 15) is 9.59 Å². The second-order valence-electron chi connectivity index (χ2n) is 6.71. The van der Waals surface area contributed by atoms with E-state index in [1.165, 1.54) is 23.1 Å². The molecule has 9 heteroatoms. The van der Waals surface area contributed by atoms with Gasteiger partial charge in [0.2, 0.25) is 5.91 Å². The summed E-state index contributed by atoms with van der Waals surface area (Å²) in [6, 6.07) is 13.2. The lowest BCUT2D eigenvalue weighted by molar-refractivity contribution is -0.132. The van der Waals surface area contributed by atoms with E-state index in [1.807, 2.05) is 55.2 Å². The zero-order valence-electron chi connectivity index (χ0n) is 16.0. The molecule has 6 nitrogen and oxygen atoms in total. The molecule has 0 aliphatic carbocycles. The Morgan fingerprint density at radius 2 is 2.00 bits per heavy atom. The largest absolute Gasteiger partial charge is 0.378 e. The molecule has 1 N–H and O–H groups in total. The number of fused-ring (bicyclic) bond motifs is 1. The van der Waals surface area contributed by atoms with E-state index in [4.69, 9.17) is 4.74 Å². The van der Waals surface area contributed by atoms with Crippen LogP contribution >= 0.6 is 23.1 Å². The van der Waals surface area contributed by atoms with Crippen LogP contribution < -0.4 is 10.8 Å². The summed E-state index contributed by atoms with van der Waals surface area (Å²) in [5.74, 6) is 0.359. The van der Waals surface area contributed by atoms with Crippen molar-refractivity contribution in [3.63, 3.8) is 0 Å². The number of aromatic nitrogens is 1. The smallest absolute Gasteiger partial charge is 0.255 e. The summed E-state index contributed by atoms with van der Waals surface area (Å²) in [4.78, 5) is 31.3. The van der Waals surface area contributed by atoms with E-state index in [0.29, 0.717) is 37.6 Å². The fraction of sp³-hybridized carbons (Fsp3) is 0.250. The van der Waals surface area contributed by atoms with Crippen molar-refractivity contribution in [1.29, 1.82) is 0 Å². The lowest BCUT2D eigenvalue weighted by atomic mass is 9.90. The van der Waals surface area contributed by atoms with Crippen LogP contribution in [0, 0.1) is 0 Å². The van der Waals surface area contributed by atoms with Crippen LogP contribution in [0.15, 0.2) is 46.8 Å². The van der Waals surface area contributed by atoms with Gasteiger partial charge in [0.05, 0.1) is 29.2 Å². The van der Waals surface area contributed by atoms with Gasteiger partial charge in [-0.25, -0.2) is 4.98 Å². The van der Waals surface area contributed by atoms with Gasteiger partial charge in [-0.1, -0.05) is 41.5 Å². The molecule has 0 radical (unpaired) electrons. The average Bonchev–Trinajstić information content (AvgIpc) is 3.15. The van der Waals surface area contributed by atoms with Crippen molar-refractivity contribution in [3.8, 4) is 0 Å². The molecule has 2 amide bonds. The quantitative estimate of drug-likeness (QED) is 0.498. The number of carbonyl (C=O) groups is 2. The molecule has 2 heterocycles. The number of nitrogens with one attached hydrogen (secondary N) is 1. The molecule has 1 fully saturated rings. The maximum atomic E-state index is 12.5. The van der Waals surface area contributed by atoms with Crippen LogP contribution in [0.1, 0.15) is 10.4 Å². The number of thiazole rings is 1. The highest BCUT2D eigenvalue weighted by Gasteiger charge is 2.18. The molecule has 1 aliphatic rings. The van der Waals surface area contributed by atoms with Gasteiger partial charge in [-0.3, -0.25) is 9.59 Å². The molecule has 1 aromatic heterocycles. The van der Waals surface area contributed by atoms with Crippen molar-refractivity contribution in [1.82, 2.24) is 9.88 Å². The summed E-state index contributed by atoms with van der Waals surface area (Å²) < 4.78 is 7.12. The van der Waals surface area contributed by atoms with E-state index >= 15 is 0 Å². The summed E-state index contributed by atoms with van der Waals surface area (Å²) in [6.45, 7) is 2.52. The fourth-order valence-electron chi connectivity index (χ4n) is 3.10. The first-order valence-electron chi connectivity index (χ1n) is 9.36. The summed E-state index contributed by atoms with van der Waals surface area (Å²) in [6.07, 6.45) is 0. The first-order valence-corrected chi connectivity index (χ1v) is 11.2. The van der Waals surface area contributed by atoms with Crippen LogP contribution in [0.25, 0.3) is 10.2 Å². The van der Waals surface area contributed by atoms with E-state index in [0.717, 1.165) is 25.7 Å². The predicted octanol–water partition coefficient (Wildman–Crippen LogP) is 1.76. The molecule has 1 saturated heterocycles. The first-order chi connectivity index (χ1) is 14.1. The first kappa shape index (κ1) is 19.9. The molecule has 4 rings (SSSR count). The van der Waals surface area contributed by atoms with Gasteiger partial charge < -0.3 is 15.0 Å². The average molecular weight is 425 g/mol. The van der Waals surface area contributed by atoms with E-state index < -0.39 is 0 Å². The van der Waals surface area contributed by atoms with Gasteiger partial charge in [0, 0.05) is 24.3 Å². The van der Waals surface area contributed by atoms with E-state index in [-0.39, 0.29) is 11.8 Å². The van der Waals surface area contributed by atoms with Gasteiger partial charge >= 0.3 is 0 Å². The molecule has 29 heavy (non-hydrogen) atoms. The molecule has 3 aromatic rings. The van der Waals surface area contributed by atoms with Crippen molar-refractivity contribution in [2.75, 3.05) is 37.4 Å². The summed E-state index contributed by atoms with van der Waals surface area (Å²) in [5.41, 5.74) is 3.20. The molecule has 0 spiro atoms. The van der Waals surface area contributed by atoms with Crippen molar-refractivity contribution < 1.29 is 14.3 Å². The van der Waals surface area contributed by atoms with Gasteiger partial charge in [-0.15, -0.1) is 11.3 Å². The van der Waals surface area contributed by atoms with Gasteiger partial charge in [0.25, 0.3) is 5.91 Å². The Labute approximate surface area is 178 Å². The summed E-state index contributed by atoms with van der Waals surface area (Å²) in [5, 5.41) is 2.95. The van der Waals surface area contributed by atoms with Crippen molar-refractivity contribution in [3.05, 3.63) is 48.0 Å². The molecular formula is C20H20BN3O3S2. The molecule has 0 unspecified atom stereocenters. The Hall–Kier alpha value is -2.36.